The molecule has 0 saturated heterocycles. The smallest absolute Gasteiger partial charge is 1.00 e. The van der Waals surface area contributed by atoms with E-state index in [1.165, 1.54) is 12.1 Å². The van der Waals surface area contributed by atoms with E-state index in [0.717, 1.165) is 25.9 Å². The molecular formula is C17H23Cl3NTi-3. The summed E-state index contributed by atoms with van der Waals surface area (Å²) in [6.07, 6.45) is 9.90. The first-order valence-electron chi connectivity index (χ1n) is 6.76. The predicted molar refractivity (Wildman–Crippen MR) is 78.2 cm³/mol. The molecule has 5 heteroatoms. The van der Waals surface area contributed by atoms with E-state index in [0.29, 0.717) is 0 Å². The third kappa shape index (κ3) is 15.2. The molecule has 0 heterocycles. The Morgan fingerprint density at radius 3 is 1.91 bits per heavy atom. The van der Waals surface area contributed by atoms with E-state index in [4.69, 9.17) is 0 Å². The molecular weight excluding hydrogens is 372 g/mol. The van der Waals surface area contributed by atoms with Gasteiger partial charge in [-0.25, -0.2) is 11.6 Å². The Hall–Kier alpha value is 0.244. The van der Waals surface area contributed by atoms with Crippen molar-refractivity contribution in [2.45, 2.75) is 26.7 Å². The van der Waals surface area contributed by atoms with Crippen molar-refractivity contribution in [3.63, 3.8) is 0 Å². The van der Waals surface area contributed by atoms with Gasteiger partial charge in [-0.15, -0.1) is 6.42 Å². The van der Waals surface area contributed by atoms with Crippen molar-refractivity contribution in [2.24, 2.45) is 0 Å². The minimum atomic E-state index is 0. The van der Waals surface area contributed by atoms with Crippen LogP contribution in [-0.2, 0) is 21.7 Å². The molecule has 1 aromatic carbocycles. The second-order valence-electron chi connectivity index (χ2n) is 4.16. The maximum Gasteiger partial charge on any atom is 2.00 e. The first-order chi connectivity index (χ1) is 8.86. The van der Waals surface area contributed by atoms with E-state index < -0.39 is 0 Å². The van der Waals surface area contributed by atoms with Crippen LogP contribution in [0.1, 0.15) is 26.7 Å². The van der Waals surface area contributed by atoms with Crippen molar-refractivity contribution in [3.8, 4) is 0 Å². The summed E-state index contributed by atoms with van der Waals surface area (Å²) >= 11 is 0. The third-order valence-corrected chi connectivity index (χ3v) is 2.96. The number of allylic oxidation sites excluding steroid dienone is 3. The van der Waals surface area contributed by atoms with Crippen LogP contribution in [0.5, 0.6) is 0 Å². The number of hydrogen-bond acceptors (Lipinski definition) is 1. The molecule has 0 N–H and O–H groups in total. The molecule has 0 aliphatic heterocycles. The van der Waals surface area contributed by atoms with Crippen LogP contribution in [0.15, 0.2) is 48.1 Å². The van der Waals surface area contributed by atoms with Gasteiger partial charge in [-0.05, 0) is 26.1 Å². The van der Waals surface area contributed by atoms with Crippen molar-refractivity contribution in [2.75, 3.05) is 19.6 Å². The van der Waals surface area contributed by atoms with Crippen molar-refractivity contribution >= 4 is 0 Å². The first kappa shape index (κ1) is 30.2. The Morgan fingerprint density at radius 1 is 1.00 bits per heavy atom. The number of benzene rings is 1. The van der Waals surface area contributed by atoms with Crippen LogP contribution in [-0.4, -0.2) is 24.5 Å². The number of halogens is 3. The van der Waals surface area contributed by atoms with E-state index >= 15 is 0 Å². The molecule has 0 spiro atoms. The summed E-state index contributed by atoms with van der Waals surface area (Å²) in [6, 6.07) is 12.5. The van der Waals surface area contributed by atoms with Crippen LogP contribution in [0, 0.1) is 12.1 Å². The fourth-order valence-electron chi connectivity index (χ4n) is 1.78. The van der Waals surface area contributed by atoms with Crippen LogP contribution in [0.4, 0.5) is 0 Å². The summed E-state index contributed by atoms with van der Waals surface area (Å²) < 4.78 is 0. The van der Waals surface area contributed by atoms with Crippen molar-refractivity contribution in [1.82, 2.24) is 4.90 Å². The second kappa shape index (κ2) is 21.2. The Bertz CT molecular complexity index is 339. The molecule has 0 fully saturated rings. The van der Waals surface area contributed by atoms with Crippen molar-refractivity contribution in [1.29, 1.82) is 0 Å². The first-order valence-corrected chi connectivity index (χ1v) is 6.76. The van der Waals surface area contributed by atoms with Gasteiger partial charge in [0.25, 0.3) is 0 Å². The second-order valence-corrected chi connectivity index (χ2v) is 4.16. The molecule has 0 saturated carbocycles. The SMILES string of the molecule is CCN(CC)CCC1=[C-]CC=C1.[Cl-].[Cl-].[Cl-].[Ti+2].[c-]1ccccc1. The van der Waals surface area contributed by atoms with Gasteiger partial charge >= 0.3 is 21.7 Å². The average Bonchev–Trinajstić information content (AvgIpc) is 2.96. The molecule has 2 rings (SSSR count). The normalized spacial score (nSPS) is 10.8. The zero-order valence-electron chi connectivity index (χ0n) is 13.2. The van der Waals surface area contributed by atoms with Gasteiger partial charge in [0.15, 0.2) is 0 Å². The standard InChI is InChI=1S/C11H18N.C6H5.3ClH.Ti/c1-3-12(4-2)10-9-11-7-5-6-8-11;1-2-4-6-5-3-1;;;;/h5,7H,3-4,6,9-10H2,1-2H3;1-5H;3*1H;/q2*-1;;;;+2/p-3. The molecule has 124 valence electrons. The van der Waals surface area contributed by atoms with Crippen LogP contribution in [0.3, 0.4) is 0 Å². The van der Waals surface area contributed by atoms with E-state index in [2.05, 4.69) is 43.0 Å². The fraction of sp³-hybridized carbons (Fsp3) is 0.412. The predicted octanol–water partition coefficient (Wildman–Crippen LogP) is -5.10. The van der Waals surface area contributed by atoms with Crippen LogP contribution >= 0.6 is 0 Å². The van der Waals surface area contributed by atoms with Crippen LogP contribution in [0.2, 0.25) is 0 Å². The van der Waals surface area contributed by atoms with E-state index in [1.54, 1.807) is 0 Å². The molecule has 1 aliphatic carbocycles. The number of nitrogens with zero attached hydrogens (tertiary/aromatic N) is 1. The Labute approximate surface area is 169 Å². The van der Waals surface area contributed by atoms with Gasteiger partial charge in [0.1, 0.15) is 0 Å². The molecule has 0 atom stereocenters. The summed E-state index contributed by atoms with van der Waals surface area (Å²) in [5.41, 5.74) is 1.39. The van der Waals surface area contributed by atoms with Crippen molar-refractivity contribution in [3.05, 3.63) is 60.2 Å². The molecule has 1 aromatic rings. The topological polar surface area (TPSA) is 3.24 Å². The minimum absolute atomic E-state index is 0. The zero-order valence-corrected chi connectivity index (χ0v) is 17.0. The number of rotatable bonds is 5. The van der Waals surface area contributed by atoms with Gasteiger partial charge in [0, 0.05) is 0 Å². The van der Waals surface area contributed by atoms with E-state index in [-0.39, 0.29) is 58.9 Å². The van der Waals surface area contributed by atoms with Gasteiger partial charge < -0.3 is 42.1 Å². The van der Waals surface area contributed by atoms with E-state index in [9.17, 15) is 0 Å². The van der Waals surface area contributed by atoms with Gasteiger partial charge in [0.2, 0.25) is 0 Å². The quantitative estimate of drug-likeness (QED) is 0.356. The van der Waals surface area contributed by atoms with Gasteiger partial charge in [-0.1, -0.05) is 13.8 Å². The largest absolute Gasteiger partial charge is 2.00 e. The molecule has 1 aliphatic rings. The molecule has 0 radical (unpaired) electrons. The summed E-state index contributed by atoms with van der Waals surface area (Å²) in [5, 5.41) is 0. The number of hydrogen-bond donors (Lipinski definition) is 0. The van der Waals surface area contributed by atoms with Crippen molar-refractivity contribution < 1.29 is 58.9 Å². The summed E-state index contributed by atoms with van der Waals surface area (Å²) in [7, 11) is 0. The Morgan fingerprint density at radius 2 is 1.59 bits per heavy atom. The summed E-state index contributed by atoms with van der Waals surface area (Å²) in [4.78, 5) is 2.45. The summed E-state index contributed by atoms with van der Waals surface area (Å²) in [6.45, 7) is 7.93. The minimum Gasteiger partial charge on any atom is -1.00 e. The fourth-order valence-corrected chi connectivity index (χ4v) is 1.78. The maximum atomic E-state index is 3.34. The summed E-state index contributed by atoms with van der Waals surface area (Å²) in [5.74, 6) is 0. The maximum absolute atomic E-state index is 3.34. The van der Waals surface area contributed by atoms with Gasteiger partial charge in [0.05, 0.1) is 0 Å². The van der Waals surface area contributed by atoms with E-state index in [1.807, 2.05) is 30.3 Å². The molecule has 0 unspecified atom stereocenters. The molecule has 0 aromatic heterocycles. The monoisotopic (exact) mass is 394 g/mol. The Kier molecular flexibility index (Phi) is 29.1. The molecule has 0 amide bonds. The Balaban J connectivity index is -0.000000142. The molecule has 0 bridgehead atoms. The van der Waals surface area contributed by atoms with Crippen LogP contribution < -0.4 is 37.2 Å². The molecule has 22 heavy (non-hydrogen) atoms. The molecule has 1 nitrogen and oxygen atoms in total. The van der Waals surface area contributed by atoms with Gasteiger partial charge in [-0.3, -0.25) is 6.08 Å². The average molecular weight is 396 g/mol. The third-order valence-electron chi connectivity index (χ3n) is 2.96. The zero-order chi connectivity index (χ0) is 13.1. The van der Waals surface area contributed by atoms with Gasteiger partial charge in [-0.2, -0.15) is 42.5 Å². The van der Waals surface area contributed by atoms with Crippen LogP contribution in [0.25, 0.3) is 0 Å².